The molecule has 2 aromatic heterocycles. The van der Waals surface area contributed by atoms with E-state index in [-0.39, 0.29) is 0 Å². The van der Waals surface area contributed by atoms with Gasteiger partial charge in [-0.2, -0.15) is 0 Å². The third-order valence-electron chi connectivity index (χ3n) is 2.54. The first-order valence-electron chi connectivity index (χ1n) is 5.47. The van der Waals surface area contributed by atoms with E-state index in [1.807, 2.05) is 42.5 Å². The maximum Gasteiger partial charge on any atom is 0.233 e. The Morgan fingerprint density at radius 1 is 0.889 bits per heavy atom. The van der Waals surface area contributed by atoms with Crippen molar-refractivity contribution < 1.29 is 4.74 Å². The molecular weight excluding hydrogens is 292 g/mol. The summed E-state index contributed by atoms with van der Waals surface area (Å²) < 4.78 is 6.65. The topological polar surface area (TPSA) is 35.0 Å². The highest BCUT2D eigenvalue weighted by Crippen LogP contribution is 2.31. The molecule has 0 spiro atoms. The molecule has 3 rings (SSSR count). The zero-order chi connectivity index (χ0) is 12.4. The molecule has 0 fully saturated rings. The van der Waals surface area contributed by atoms with Gasteiger partial charge in [0.15, 0.2) is 0 Å². The maximum atomic E-state index is 5.82. The largest absolute Gasteiger partial charge is 0.437 e. The fourth-order valence-electron chi connectivity index (χ4n) is 1.71. The first-order chi connectivity index (χ1) is 8.84. The maximum absolute atomic E-state index is 5.82. The molecule has 0 bridgehead atoms. The van der Waals surface area contributed by atoms with Crippen molar-refractivity contribution in [1.82, 2.24) is 9.97 Å². The number of nitrogens with zero attached hydrogens (tertiary/aromatic N) is 2. The first kappa shape index (κ1) is 11.2. The van der Waals surface area contributed by atoms with Crippen LogP contribution in [0, 0.1) is 0 Å². The minimum absolute atomic E-state index is 0.550. The minimum atomic E-state index is 0.550. The molecule has 0 radical (unpaired) electrons. The molecule has 4 heteroatoms. The van der Waals surface area contributed by atoms with Crippen molar-refractivity contribution in [2.75, 3.05) is 0 Å². The predicted octanol–water partition coefficient (Wildman–Crippen LogP) is 4.18. The minimum Gasteiger partial charge on any atom is -0.437 e. The molecule has 0 atom stereocenters. The van der Waals surface area contributed by atoms with Crippen molar-refractivity contribution >= 4 is 26.8 Å². The number of pyridine rings is 2. The molecule has 2 heterocycles. The molecule has 18 heavy (non-hydrogen) atoms. The smallest absolute Gasteiger partial charge is 0.233 e. The van der Waals surface area contributed by atoms with Crippen LogP contribution in [0.4, 0.5) is 0 Å². The highest BCUT2D eigenvalue weighted by molar-refractivity contribution is 9.10. The number of hydrogen-bond acceptors (Lipinski definition) is 3. The molecule has 0 N–H and O–H groups in total. The summed E-state index contributed by atoms with van der Waals surface area (Å²) in [6, 6.07) is 13.4. The van der Waals surface area contributed by atoms with Crippen molar-refractivity contribution in [2.24, 2.45) is 0 Å². The van der Waals surface area contributed by atoms with Gasteiger partial charge in [-0.3, -0.25) is 4.98 Å². The second-order valence-corrected chi connectivity index (χ2v) is 4.57. The SMILES string of the molecule is Brc1cccnc1Oc1cccc2ncccc12. The summed E-state index contributed by atoms with van der Waals surface area (Å²) in [4.78, 5) is 8.48. The van der Waals surface area contributed by atoms with Crippen LogP contribution < -0.4 is 4.74 Å². The number of benzene rings is 1. The summed E-state index contributed by atoms with van der Waals surface area (Å²) in [5.41, 5.74) is 0.905. The Bertz CT molecular complexity index is 695. The van der Waals surface area contributed by atoms with E-state index in [2.05, 4.69) is 25.9 Å². The summed E-state index contributed by atoms with van der Waals surface area (Å²) in [5.74, 6) is 1.30. The van der Waals surface area contributed by atoms with Crippen LogP contribution in [-0.2, 0) is 0 Å². The summed E-state index contributed by atoms with van der Waals surface area (Å²) >= 11 is 3.41. The Labute approximate surface area is 113 Å². The van der Waals surface area contributed by atoms with Gasteiger partial charge in [0, 0.05) is 17.8 Å². The fourth-order valence-corrected chi connectivity index (χ4v) is 2.05. The third-order valence-corrected chi connectivity index (χ3v) is 3.14. The monoisotopic (exact) mass is 300 g/mol. The predicted molar refractivity (Wildman–Crippen MR) is 73.8 cm³/mol. The molecule has 1 aromatic carbocycles. The highest BCUT2D eigenvalue weighted by Gasteiger charge is 2.06. The quantitative estimate of drug-likeness (QED) is 0.712. The van der Waals surface area contributed by atoms with Gasteiger partial charge in [-0.1, -0.05) is 6.07 Å². The van der Waals surface area contributed by atoms with Crippen LogP contribution in [0.15, 0.2) is 59.3 Å². The number of fused-ring (bicyclic) bond motifs is 1. The average molecular weight is 301 g/mol. The second kappa shape index (κ2) is 4.74. The van der Waals surface area contributed by atoms with E-state index in [1.54, 1.807) is 12.4 Å². The van der Waals surface area contributed by atoms with E-state index in [0.29, 0.717) is 5.88 Å². The van der Waals surface area contributed by atoms with Crippen LogP contribution in [0.2, 0.25) is 0 Å². The Morgan fingerprint density at radius 3 is 2.61 bits per heavy atom. The van der Waals surface area contributed by atoms with Gasteiger partial charge < -0.3 is 4.74 Å². The molecule has 0 saturated heterocycles. The summed E-state index contributed by atoms with van der Waals surface area (Å²) in [5, 5.41) is 0.970. The number of aromatic nitrogens is 2. The molecule has 3 nitrogen and oxygen atoms in total. The number of hydrogen-bond donors (Lipinski definition) is 0. The van der Waals surface area contributed by atoms with Gasteiger partial charge in [0.1, 0.15) is 5.75 Å². The van der Waals surface area contributed by atoms with Crippen LogP contribution in [0.3, 0.4) is 0 Å². The van der Waals surface area contributed by atoms with E-state index >= 15 is 0 Å². The standard InChI is InChI=1S/C14H9BrN2O/c15-11-5-3-9-17-14(11)18-13-7-1-6-12-10(13)4-2-8-16-12/h1-9H. The molecule has 0 amide bonds. The zero-order valence-corrected chi connectivity index (χ0v) is 11.0. The van der Waals surface area contributed by atoms with E-state index in [9.17, 15) is 0 Å². The molecule has 0 unspecified atom stereocenters. The number of halogens is 1. The van der Waals surface area contributed by atoms with Crippen molar-refractivity contribution in [3.05, 3.63) is 59.3 Å². The lowest BCUT2D eigenvalue weighted by Gasteiger charge is -2.08. The molecule has 0 saturated carbocycles. The van der Waals surface area contributed by atoms with Crippen LogP contribution in [0.1, 0.15) is 0 Å². The van der Waals surface area contributed by atoms with E-state index < -0.39 is 0 Å². The van der Waals surface area contributed by atoms with Gasteiger partial charge in [0.2, 0.25) is 5.88 Å². The van der Waals surface area contributed by atoms with Crippen molar-refractivity contribution in [3.63, 3.8) is 0 Å². The second-order valence-electron chi connectivity index (χ2n) is 3.72. The first-order valence-corrected chi connectivity index (χ1v) is 6.26. The van der Waals surface area contributed by atoms with Crippen LogP contribution in [0.5, 0.6) is 11.6 Å². The Morgan fingerprint density at radius 2 is 1.72 bits per heavy atom. The van der Waals surface area contributed by atoms with Crippen LogP contribution in [0.25, 0.3) is 10.9 Å². The van der Waals surface area contributed by atoms with Crippen molar-refractivity contribution in [1.29, 1.82) is 0 Å². The Kier molecular flexibility index (Phi) is 2.94. The van der Waals surface area contributed by atoms with Gasteiger partial charge in [-0.25, -0.2) is 4.98 Å². The third kappa shape index (κ3) is 2.07. The lowest BCUT2D eigenvalue weighted by Crippen LogP contribution is -1.90. The molecule has 0 aliphatic carbocycles. The van der Waals surface area contributed by atoms with Gasteiger partial charge in [-0.15, -0.1) is 0 Å². The van der Waals surface area contributed by atoms with Gasteiger partial charge in [0.05, 0.1) is 9.99 Å². The van der Waals surface area contributed by atoms with Gasteiger partial charge >= 0.3 is 0 Å². The number of ether oxygens (including phenoxy) is 1. The lowest BCUT2D eigenvalue weighted by atomic mass is 10.2. The zero-order valence-electron chi connectivity index (χ0n) is 9.38. The van der Waals surface area contributed by atoms with Crippen molar-refractivity contribution in [3.8, 4) is 11.6 Å². The summed E-state index contributed by atoms with van der Waals surface area (Å²) in [6.07, 6.45) is 3.46. The van der Waals surface area contributed by atoms with Gasteiger partial charge in [0.25, 0.3) is 0 Å². The van der Waals surface area contributed by atoms with Crippen molar-refractivity contribution in [2.45, 2.75) is 0 Å². The number of rotatable bonds is 2. The molecule has 0 aliphatic rings. The molecule has 88 valence electrons. The van der Waals surface area contributed by atoms with E-state index in [1.165, 1.54) is 0 Å². The molecular formula is C14H9BrN2O. The summed E-state index contributed by atoms with van der Waals surface area (Å²) in [6.45, 7) is 0. The van der Waals surface area contributed by atoms with E-state index in [0.717, 1.165) is 21.1 Å². The Hall–Kier alpha value is -1.94. The average Bonchev–Trinajstić information content (AvgIpc) is 2.42. The fraction of sp³-hybridized carbons (Fsp3) is 0. The molecule has 0 aliphatic heterocycles. The van der Waals surface area contributed by atoms with Crippen LogP contribution >= 0.6 is 15.9 Å². The highest BCUT2D eigenvalue weighted by atomic mass is 79.9. The Balaban J connectivity index is 2.08. The van der Waals surface area contributed by atoms with Crippen LogP contribution in [-0.4, -0.2) is 9.97 Å². The van der Waals surface area contributed by atoms with Gasteiger partial charge in [-0.05, 0) is 52.3 Å². The normalized spacial score (nSPS) is 10.5. The molecule has 3 aromatic rings. The van der Waals surface area contributed by atoms with E-state index in [4.69, 9.17) is 4.74 Å². The summed E-state index contributed by atoms with van der Waals surface area (Å²) in [7, 11) is 0. The lowest BCUT2D eigenvalue weighted by molar-refractivity contribution is 0.465.